The zero-order chi connectivity index (χ0) is 21.2. The Labute approximate surface area is 178 Å². The van der Waals surface area contributed by atoms with Crippen LogP contribution >= 0.6 is 11.6 Å². The smallest absolute Gasteiger partial charge is 0.343 e. The first-order valence-electron chi connectivity index (χ1n) is 10.1. The third kappa shape index (κ3) is 2.83. The highest BCUT2D eigenvalue weighted by Crippen LogP contribution is 2.54. The molecule has 1 aliphatic carbocycles. The van der Waals surface area contributed by atoms with Crippen LogP contribution in [0.2, 0.25) is 5.02 Å². The van der Waals surface area contributed by atoms with Crippen molar-refractivity contribution in [2.45, 2.75) is 38.8 Å². The molecular weight excluding hydrogens is 410 g/mol. The zero-order valence-electron chi connectivity index (χ0n) is 16.7. The first-order chi connectivity index (χ1) is 14.3. The van der Waals surface area contributed by atoms with E-state index in [0.717, 1.165) is 18.4 Å². The van der Waals surface area contributed by atoms with Crippen LogP contribution in [0.15, 0.2) is 23.0 Å². The SMILES string of the molecule is CCOC(=O)c1cc2c(n(C3CC3)c1=O)-c1cc(Cl)c(O)cc1OC2C1(C)COC1. The highest BCUT2D eigenvalue weighted by molar-refractivity contribution is 6.32. The number of halogens is 1. The van der Waals surface area contributed by atoms with E-state index in [1.807, 2.05) is 6.92 Å². The molecule has 1 saturated carbocycles. The van der Waals surface area contributed by atoms with Crippen molar-refractivity contribution < 1.29 is 24.1 Å². The molecule has 2 fully saturated rings. The summed E-state index contributed by atoms with van der Waals surface area (Å²) >= 11 is 6.20. The highest BCUT2D eigenvalue weighted by atomic mass is 35.5. The van der Waals surface area contributed by atoms with Crippen LogP contribution in [0.5, 0.6) is 11.5 Å². The van der Waals surface area contributed by atoms with Crippen LogP contribution in [0.25, 0.3) is 11.3 Å². The molecule has 2 aromatic rings. The normalized spacial score (nSPS) is 21.1. The van der Waals surface area contributed by atoms with E-state index < -0.39 is 12.1 Å². The molecule has 0 bridgehead atoms. The number of rotatable bonds is 4. The second-order valence-electron chi connectivity index (χ2n) is 8.43. The number of hydrogen-bond donors (Lipinski definition) is 1. The third-order valence-electron chi connectivity index (χ3n) is 6.00. The van der Waals surface area contributed by atoms with E-state index in [-0.39, 0.29) is 40.0 Å². The number of phenols is 1. The number of carbonyl (C=O) groups excluding carboxylic acids is 1. The average molecular weight is 432 g/mol. The lowest BCUT2D eigenvalue weighted by molar-refractivity contribution is -0.156. The summed E-state index contributed by atoms with van der Waals surface area (Å²) in [6.45, 7) is 4.91. The lowest BCUT2D eigenvalue weighted by atomic mass is 9.76. The van der Waals surface area contributed by atoms with Crippen molar-refractivity contribution in [2.75, 3.05) is 19.8 Å². The maximum absolute atomic E-state index is 13.4. The number of ether oxygens (including phenoxy) is 3. The van der Waals surface area contributed by atoms with E-state index in [2.05, 4.69) is 0 Å². The first-order valence-corrected chi connectivity index (χ1v) is 10.5. The van der Waals surface area contributed by atoms with Gasteiger partial charge in [-0.15, -0.1) is 0 Å². The molecule has 0 spiro atoms. The van der Waals surface area contributed by atoms with Crippen LogP contribution in [0.4, 0.5) is 0 Å². The highest BCUT2D eigenvalue weighted by Gasteiger charge is 2.48. The molecule has 7 nitrogen and oxygen atoms in total. The molecule has 1 aromatic heterocycles. The molecule has 3 aliphatic rings. The quantitative estimate of drug-likeness (QED) is 0.740. The summed E-state index contributed by atoms with van der Waals surface area (Å²) in [7, 11) is 0. The van der Waals surface area contributed by atoms with Crippen LogP contribution in [-0.2, 0) is 9.47 Å². The van der Waals surface area contributed by atoms with Gasteiger partial charge in [0.1, 0.15) is 23.2 Å². The van der Waals surface area contributed by atoms with Crippen molar-refractivity contribution in [1.82, 2.24) is 4.57 Å². The van der Waals surface area contributed by atoms with E-state index in [1.165, 1.54) is 6.07 Å². The van der Waals surface area contributed by atoms with E-state index in [1.54, 1.807) is 23.6 Å². The second kappa shape index (κ2) is 6.75. The van der Waals surface area contributed by atoms with Gasteiger partial charge in [0, 0.05) is 23.2 Å². The number of phenolic OH excluding ortho intramolecular Hbond substituents is 1. The van der Waals surface area contributed by atoms with Gasteiger partial charge in [-0.25, -0.2) is 4.79 Å². The Morgan fingerprint density at radius 2 is 2.07 bits per heavy atom. The van der Waals surface area contributed by atoms with Crippen molar-refractivity contribution in [1.29, 1.82) is 0 Å². The number of pyridine rings is 1. The monoisotopic (exact) mass is 431 g/mol. The third-order valence-corrected chi connectivity index (χ3v) is 6.30. The summed E-state index contributed by atoms with van der Waals surface area (Å²) in [6, 6.07) is 4.71. The fourth-order valence-corrected chi connectivity index (χ4v) is 4.45. The Kier molecular flexibility index (Phi) is 4.38. The fourth-order valence-electron chi connectivity index (χ4n) is 4.29. The van der Waals surface area contributed by atoms with Crippen molar-refractivity contribution in [3.8, 4) is 22.8 Å². The Morgan fingerprint density at radius 3 is 2.67 bits per heavy atom. The average Bonchev–Trinajstić information content (AvgIpc) is 3.51. The van der Waals surface area contributed by atoms with Gasteiger partial charge in [-0.2, -0.15) is 0 Å². The van der Waals surface area contributed by atoms with Gasteiger partial charge in [0.15, 0.2) is 0 Å². The number of hydrogen-bond acceptors (Lipinski definition) is 6. The minimum absolute atomic E-state index is 0.00486. The molecule has 1 saturated heterocycles. The largest absolute Gasteiger partial charge is 0.506 e. The van der Waals surface area contributed by atoms with Crippen molar-refractivity contribution >= 4 is 17.6 Å². The summed E-state index contributed by atoms with van der Waals surface area (Å²) in [5.74, 6) is -0.265. The van der Waals surface area contributed by atoms with Gasteiger partial charge in [-0.1, -0.05) is 18.5 Å². The maximum Gasteiger partial charge on any atom is 0.343 e. The molecule has 158 valence electrons. The summed E-state index contributed by atoms with van der Waals surface area (Å²) < 4.78 is 18.6. The summed E-state index contributed by atoms with van der Waals surface area (Å²) in [6.07, 6.45) is 1.25. The van der Waals surface area contributed by atoms with Gasteiger partial charge in [-0.3, -0.25) is 4.79 Å². The van der Waals surface area contributed by atoms with Gasteiger partial charge in [0.25, 0.3) is 5.56 Å². The number of esters is 1. The van der Waals surface area contributed by atoms with Crippen LogP contribution in [0.1, 0.15) is 54.8 Å². The lowest BCUT2D eigenvalue weighted by Gasteiger charge is -2.46. The Hall–Kier alpha value is -2.51. The molecule has 1 aromatic carbocycles. The van der Waals surface area contributed by atoms with Crippen molar-refractivity contribution in [3.63, 3.8) is 0 Å². The molecule has 0 amide bonds. The maximum atomic E-state index is 13.4. The van der Waals surface area contributed by atoms with E-state index in [9.17, 15) is 14.7 Å². The molecule has 3 heterocycles. The predicted octanol–water partition coefficient (Wildman–Crippen LogP) is 3.86. The number of fused-ring (bicyclic) bond motifs is 3. The molecular formula is C22H22ClNO6. The minimum Gasteiger partial charge on any atom is -0.506 e. The van der Waals surface area contributed by atoms with Crippen LogP contribution in [0, 0.1) is 5.41 Å². The topological polar surface area (TPSA) is 87.0 Å². The summed E-state index contributed by atoms with van der Waals surface area (Å²) in [5, 5.41) is 10.3. The molecule has 8 heteroatoms. The van der Waals surface area contributed by atoms with E-state index in [4.69, 9.17) is 25.8 Å². The summed E-state index contributed by atoms with van der Waals surface area (Å²) in [5.41, 5.74) is 1.36. The van der Waals surface area contributed by atoms with Gasteiger partial charge in [0.2, 0.25) is 0 Å². The van der Waals surface area contributed by atoms with Crippen molar-refractivity contribution in [3.05, 3.63) is 44.7 Å². The van der Waals surface area contributed by atoms with Gasteiger partial charge < -0.3 is 23.9 Å². The zero-order valence-corrected chi connectivity index (χ0v) is 17.5. The van der Waals surface area contributed by atoms with Gasteiger partial charge >= 0.3 is 5.97 Å². The van der Waals surface area contributed by atoms with Crippen LogP contribution in [-0.4, -0.2) is 35.5 Å². The van der Waals surface area contributed by atoms with Gasteiger partial charge in [0.05, 0.1) is 36.0 Å². The Bertz CT molecular complexity index is 1120. The molecule has 1 unspecified atom stereocenters. The molecule has 2 aliphatic heterocycles. The van der Waals surface area contributed by atoms with Crippen molar-refractivity contribution in [2.24, 2.45) is 5.41 Å². The number of benzene rings is 1. The Morgan fingerprint density at radius 1 is 1.33 bits per heavy atom. The standard InChI is InChI=1S/C22H22ClNO6/c1-3-29-21(27)14-6-13-18(24(20(14)26)11-4-5-11)12-7-15(23)16(25)8-17(12)30-19(13)22(2)9-28-10-22/h6-8,11,19,25H,3-5,9-10H2,1-2H3. The number of aromatic nitrogens is 1. The predicted molar refractivity (Wildman–Crippen MR) is 109 cm³/mol. The van der Waals surface area contributed by atoms with E-state index in [0.29, 0.717) is 30.2 Å². The summed E-state index contributed by atoms with van der Waals surface area (Å²) in [4.78, 5) is 25.9. The number of aromatic hydroxyl groups is 1. The number of nitrogens with zero attached hydrogens (tertiary/aromatic N) is 1. The van der Waals surface area contributed by atoms with Crippen LogP contribution < -0.4 is 10.3 Å². The minimum atomic E-state index is -0.636. The first kappa shape index (κ1) is 19.5. The molecule has 0 radical (unpaired) electrons. The molecule has 1 atom stereocenters. The lowest BCUT2D eigenvalue weighted by Crippen LogP contribution is -2.48. The Balaban J connectivity index is 1.82. The van der Waals surface area contributed by atoms with Gasteiger partial charge in [-0.05, 0) is 31.9 Å². The molecule has 30 heavy (non-hydrogen) atoms. The van der Waals surface area contributed by atoms with Crippen LogP contribution in [0.3, 0.4) is 0 Å². The fraction of sp³-hybridized carbons (Fsp3) is 0.455. The molecule has 5 rings (SSSR count). The molecule has 1 N–H and O–H groups in total. The number of carbonyl (C=O) groups is 1. The van der Waals surface area contributed by atoms with E-state index >= 15 is 0 Å². The second-order valence-corrected chi connectivity index (χ2v) is 8.84.